The molecule has 0 radical (unpaired) electrons. The molecule has 2 heterocycles. The van der Waals surface area contributed by atoms with Crippen LogP contribution in [0.25, 0.3) is 0 Å². The van der Waals surface area contributed by atoms with Gasteiger partial charge in [0.25, 0.3) is 5.91 Å². The third-order valence-corrected chi connectivity index (χ3v) is 5.61. The van der Waals surface area contributed by atoms with Crippen LogP contribution in [0.15, 0.2) is 18.2 Å². The average molecular weight is 326 g/mol. The number of benzene rings is 1. The van der Waals surface area contributed by atoms with Crippen molar-refractivity contribution in [2.45, 2.75) is 12.8 Å². The Morgan fingerprint density at radius 2 is 1.91 bits per heavy atom. The molecular weight excluding hydrogens is 308 g/mol. The SMILES string of the molecule is O=C(NCCS(=O)(=O)N1CCCC1)c1ccc2c(c1)OCO2. The second-order valence-electron chi connectivity index (χ2n) is 5.25. The van der Waals surface area contributed by atoms with Crippen molar-refractivity contribution < 1.29 is 22.7 Å². The van der Waals surface area contributed by atoms with Crippen LogP contribution in [-0.4, -0.2) is 50.8 Å². The van der Waals surface area contributed by atoms with Gasteiger partial charge in [0.15, 0.2) is 11.5 Å². The van der Waals surface area contributed by atoms with Crippen molar-refractivity contribution in [3.8, 4) is 11.5 Å². The summed E-state index contributed by atoms with van der Waals surface area (Å²) in [6.45, 7) is 1.40. The number of hydrogen-bond donors (Lipinski definition) is 1. The summed E-state index contributed by atoms with van der Waals surface area (Å²) < 4.78 is 36.0. The molecule has 0 spiro atoms. The van der Waals surface area contributed by atoms with Crippen LogP contribution in [-0.2, 0) is 10.0 Å². The first-order chi connectivity index (χ1) is 10.6. The van der Waals surface area contributed by atoms with Gasteiger partial charge in [-0.25, -0.2) is 12.7 Å². The van der Waals surface area contributed by atoms with Gasteiger partial charge in [-0.3, -0.25) is 4.79 Å². The zero-order chi connectivity index (χ0) is 15.6. The van der Waals surface area contributed by atoms with E-state index >= 15 is 0 Å². The van der Waals surface area contributed by atoms with Crippen LogP contribution in [0.4, 0.5) is 0 Å². The summed E-state index contributed by atoms with van der Waals surface area (Å²) in [5.74, 6) is 0.726. The van der Waals surface area contributed by atoms with Crippen LogP contribution in [0.3, 0.4) is 0 Å². The molecule has 0 aromatic heterocycles. The summed E-state index contributed by atoms with van der Waals surface area (Å²) >= 11 is 0. The van der Waals surface area contributed by atoms with Crippen LogP contribution in [0.1, 0.15) is 23.2 Å². The first-order valence-corrected chi connectivity index (χ1v) is 8.83. The van der Waals surface area contributed by atoms with Gasteiger partial charge in [0.1, 0.15) is 0 Å². The third-order valence-electron chi connectivity index (χ3n) is 3.74. The van der Waals surface area contributed by atoms with Crippen LogP contribution in [0.2, 0.25) is 0 Å². The Morgan fingerprint density at radius 1 is 1.18 bits per heavy atom. The molecule has 2 aliphatic heterocycles. The van der Waals surface area contributed by atoms with E-state index in [0.29, 0.717) is 30.2 Å². The molecule has 1 fully saturated rings. The summed E-state index contributed by atoms with van der Waals surface area (Å²) in [6.07, 6.45) is 1.81. The molecule has 0 unspecified atom stereocenters. The van der Waals surface area contributed by atoms with Gasteiger partial charge < -0.3 is 14.8 Å². The number of hydrogen-bond acceptors (Lipinski definition) is 5. The van der Waals surface area contributed by atoms with Crippen molar-refractivity contribution in [1.29, 1.82) is 0 Å². The quantitative estimate of drug-likeness (QED) is 0.855. The highest BCUT2D eigenvalue weighted by Crippen LogP contribution is 2.32. The van der Waals surface area contributed by atoms with Crippen LogP contribution < -0.4 is 14.8 Å². The molecular formula is C14H18N2O5S. The first-order valence-electron chi connectivity index (χ1n) is 7.22. The lowest BCUT2D eigenvalue weighted by Crippen LogP contribution is -2.36. The largest absolute Gasteiger partial charge is 0.454 e. The predicted octanol–water partition coefficient (Wildman–Crippen LogP) is 0.571. The molecule has 120 valence electrons. The zero-order valence-corrected chi connectivity index (χ0v) is 12.9. The third kappa shape index (κ3) is 3.17. The van der Waals surface area contributed by atoms with Gasteiger partial charge in [-0.15, -0.1) is 0 Å². The number of carbonyl (C=O) groups is 1. The normalized spacial score (nSPS) is 17.6. The number of nitrogens with one attached hydrogen (secondary N) is 1. The van der Waals surface area contributed by atoms with Crippen LogP contribution in [0.5, 0.6) is 11.5 Å². The van der Waals surface area contributed by atoms with Gasteiger partial charge in [0.2, 0.25) is 16.8 Å². The Labute approximate surface area is 129 Å². The van der Waals surface area contributed by atoms with Crippen molar-refractivity contribution >= 4 is 15.9 Å². The number of ether oxygens (including phenoxy) is 2. The van der Waals surface area contributed by atoms with Crippen LogP contribution >= 0.6 is 0 Å². The molecule has 0 atom stereocenters. The predicted molar refractivity (Wildman–Crippen MR) is 79.5 cm³/mol. The molecule has 8 heteroatoms. The molecule has 7 nitrogen and oxygen atoms in total. The maximum atomic E-state index is 12.0. The lowest BCUT2D eigenvalue weighted by molar-refractivity contribution is 0.0955. The minimum absolute atomic E-state index is 0.0801. The molecule has 1 amide bonds. The Hall–Kier alpha value is -1.80. The minimum Gasteiger partial charge on any atom is -0.454 e. The van der Waals surface area contributed by atoms with E-state index < -0.39 is 10.0 Å². The highest BCUT2D eigenvalue weighted by atomic mass is 32.2. The van der Waals surface area contributed by atoms with Gasteiger partial charge in [0.05, 0.1) is 5.75 Å². The van der Waals surface area contributed by atoms with E-state index in [1.165, 1.54) is 4.31 Å². The van der Waals surface area contributed by atoms with E-state index in [2.05, 4.69) is 5.32 Å². The molecule has 0 saturated carbocycles. The molecule has 3 rings (SSSR count). The van der Waals surface area contributed by atoms with Gasteiger partial charge in [-0.2, -0.15) is 0 Å². The van der Waals surface area contributed by atoms with Gasteiger partial charge in [-0.05, 0) is 31.0 Å². The van der Waals surface area contributed by atoms with Crippen molar-refractivity contribution in [3.63, 3.8) is 0 Å². The molecule has 1 aromatic rings. The van der Waals surface area contributed by atoms with Gasteiger partial charge >= 0.3 is 0 Å². The van der Waals surface area contributed by atoms with E-state index in [0.717, 1.165) is 12.8 Å². The highest BCUT2D eigenvalue weighted by molar-refractivity contribution is 7.89. The van der Waals surface area contributed by atoms with Gasteiger partial charge in [0, 0.05) is 25.2 Å². The lowest BCUT2D eigenvalue weighted by Gasteiger charge is -2.15. The zero-order valence-electron chi connectivity index (χ0n) is 12.1. The Morgan fingerprint density at radius 3 is 2.68 bits per heavy atom. The van der Waals surface area contributed by atoms with Crippen LogP contribution in [0, 0.1) is 0 Å². The van der Waals surface area contributed by atoms with Crippen molar-refractivity contribution in [1.82, 2.24) is 9.62 Å². The molecule has 0 aliphatic carbocycles. The Kier molecular flexibility index (Phi) is 4.21. The summed E-state index contributed by atoms with van der Waals surface area (Å²) in [7, 11) is -3.27. The van der Waals surface area contributed by atoms with E-state index in [-0.39, 0.29) is 25.0 Å². The van der Waals surface area contributed by atoms with Gasteiger partial charge in [-0.1, -0.05) is 0 Å². The standard InChI is InChI=1S/C14H18N2O5S/c17-14(11-3-4-12-13(9-11)21-10-20-12)15-5-8-22(18,19)16-6-1-2-7-16/h3-4,9H,1-2,5-8,10H2,(H,15,17). The number of sulfonamides is 1. The molecule has 1 aromatic carbocycles. The fraction of sp³-hybridized carbons (Fsp3) is 0.500. The molecule has 1 N–H and O–H groups in total. The molecule has 2 aliphatic rings. The summed E-state index contributed by atoms with van der Waals surface area (Å²) in [6, 6.07) is 4.88. The number of amides is 1. The topological polar surface area (TPSA) is 84.9 Å². The number of fused-ring (bicyclic) bond motifs is 1. The summed E-state index contributed by atoms with van der Waals surface area (Å²) in [5.41, 5.74) is 0.419. The maximum absolute atomic E-state index is 12.0. The van der Waals surface area contributed by atoms with E-state index in [1.807, 2.05) is 0 Å². The van der Waals surface area contributed by atoms with Crippen molar-refractivity contribution in [3.05, 3.63) is 23.8 Å². The second-order valence-corrected chi connectivity index (χ2v) is 7.33. The van der Waals surface area contributed by atoms with E-state index in [9.17, 15) is 13.2 Å². The Bertz CT molecular complexity index is 668. The maximum Gasteiger partial charge on any atom is 0.251 e. The smallest absolute Gasteiger partial charge is 0.251 e. The monoisotopic (exact) mass is 326 g/mol. The lowest BCUT2D eigenvalue weighted by atomic mass is 10.2. The fourth-order valence-corrected chi connectivity index (χ4v) is 3.96. The average Bonchev–Trinajstić information content (AvgIpc) is 3.17. The van der Waals surface area contributed by atoms with E-state index in [1.54, 1.807) is 18.2 Å². The number of carbonyl (C=O) groups excluding carboxylic acids is 1. The second kappa shape index (κ2) is 6.13. The summed E-state index contributed by atoms with van der Waals surface area (Å²) in [4.78, 5) is 12.0. The first kappa shape index (κ1) is 15.1. The van der Waals surface area contributed by atoms with Crippen molar-refractivity contribution in [2.24, 2.45) is 0 Å². The number of nitrogens with zero attached hydrogens (tertiary/aromatic N) is 1. The number of rotatable bonds is 5. The highest BCUT2D eigenvalue weighted by Gasteiger charge is 2.25. The minimum atomic E-state index is -3.27. The molecule has 1 saturated heterocycles. The molecule has 22 heavy (non-hydrogen) atoms. The fourth-order valence-electron chi connectivity index (χ4n) is 2.53. The summed E-state index contributed by atoms with van der Waals surface area (Å²) in [5, 5.41) is 2.63. The van der Waals surface area contributed by atoms with E-state index in [4.69, 9.17) is 9.47 Å². The van der Waals surface area contributed by atoms with Crippen molar-refractivity contribution in [2.75, 3.05) is 32.2 Å². The molecule has 0 bridgehead atoms. The Balaban J connectivity index is 1.54.